The molecule has 0 aliphatic rings. The molecule has 0 spiro atoms. The second-order valence-electron chi connectivity index (χ2n) is 5.08. The lowest BCUT2D eigenvalue weighted by Crippen LogP contribution is -2.20. The summed E-state index contributed by atoms with van der Waals surface area (Å²) < 4.78 is 1.29. The van der Waals surface area contributed by atoms with Crippen LogP contribution in [-0.2, 0) is 0 Å². The van der Waals surface area contributed by atoms with E-state index in [-0.39, 0.29) is 6.04 Å². The van der Waals surface area contributed by atoms with Crippen molar-refractivity contribution in [3.8, 4) is 0 Å². The van der Waals surface area contributed by atoms with Crippen LogP contribution < -0.4 is 11.1 Å². The minimum absolute atomic E-state index is 0.0833. The fraction of sp³-hybridized carbons (Fsp3) is 0.176. The Morgan fingerprint density at radius 3 is 2.81 bits per heavy atom. The second kappa shape index (κ2) is 6.06. The van der Waals surface area contributed by atoms with E-state index < -0.39 is 0 Å². The average Bonchev–Trinajstić information content (AvgIpc) is 2.92. The lowest BCUT2D eigenvalue weighted by molar-refractivity contribution is 0.799. The molecule has 108 valence electrons. The zero-order valence-corrected chi connectivity index (χ0v) is 13.3. The molecule has 4 heteroatoms. The van der Waals surface area contributed by atoms with Crippen molar-refractivity contribution in [1.29, 1.82) is 0 Å². The van der Waals surface area contributed by atoms with Crippen LogP contribution in [0.5, 0.6) is 0 Å². The molecular formula is C17H17ClN2S. The molecule has 21 heavy (non-hydrogen) atoms. The molecule has 3 N–H and O–H groups in total. The van der Waals surface area contributed by atoms with Gasteiger partial charge in [0.05, 0.1) is 6.04 Å². The minimum Gasteiger partial charge on any atom is -0.377 e. The van der Waals surface area contributed by atoms with Gasteiger partial charge in [0.2, 0.25) is 0 Å². The van der Waals surface area contributed by atoms with Gasteiger partial charge in [-0.15, -0.1) is 11.3 Å². The Bertz CT molecular complexity index is 766. The van der Waals surface area contributed by atoms with Crippen molar-refractivity contribution in [2.45, 2.75) is 13.0 Å². The highest BCUT2D eigenvalue weighted by Gasteiger charge is 2.14. The number of rotatable bonds is 4. The summed E-state index contributed by atoms with van der Waals surface area (Å²) in [7, 11) is 0. The first-order valence-corrected chi connectivity index (χ1v) is 8.13. The van der Waals surface area contributed by atoms with Crippen molar-refractivity contribution in [3.05, 3.63) is 64.0 Å². The Balaban J connectivity index is 1.93. The van der Waals surface area contributed by atoms with Gasteiger partial charge >= 0.3 is 0 Å². The summed E-state index contributed by atoms with van der Waals surface area (Å²) in [5.41, 5.74) is 9.30. The second-order valence-corrected chi connectivity index (χ2v) is 6.40. The number of fused-ring (bicyclic) bond motifs is 1. The molecule has 0 fully saturated rings. The van der Waals surface area contributed by atoms with Crippen molar-refractivity contribution in [3.63, 3.8) is 0 Å². The van der Waals surface area contributed by atoms with Crippen LogP contribution in [0.4, 0.5) is 5.69 Å². The van der Waals surface area contributed by atoms with Crippen LogP contribution in [-0.4, -0.2) is 6.54 Å². The number of thiophene rings is 1. The van der Waals surface area contributed by atoms with Gasteiger partial charge in [-0.2, -0.15) is 0 Å². The number of halogens is 1. The topological polar surface area (TPSA) is 38.0 Å². The molecule has 3 rings (SSSR count). The quantitative estimate of drug-likeness (QED) is 0.712. The molecule has 1 atom stereocenters. The Morgan fingerprint density at radius 2 is 2.05 bits per heavy atom. The van der Waals surface area contributed by atoms with E-state index in [1.54, 1.807) is 11.3 Å². The third-order valence-corrected chi connectivity index (χ3v) is 5.02. The van der Waals surface area contributed by atoms with Crippen LogP contribution in [0.25, 0.3) is 10.1 Å². The first kappa shape index (κ1) is 14.4. The molecule has 0 radical (unpaired) electrons. The summed E-state index contributed by atoms with van der Waals surface area (Å²) in [4.78, 5) is 0. The molecule has 3 aromatic rings. The van der Waals surface area contributed by atoms with E-state index in [0.717, 1.165) is 16.3 Å². The van der Waals surface area contributed by atoms with E-state index in [2.05, 4.69) is 35.0 Å². The van der Waals surface area contributed by atoms with Crippen molar-refractivity contribution >= 4 is 38.7 Å². The monoisotopic (exact) mass is 316 g/mol. The highest BCUT2D eigenvalue weighted by Crippen LogP contribution is 2.32. The standard InChI is InChI=1S/C17H17ClN2S/c1-11-6-7-12(8-15(11)18)20-16(9-19)14-10-21-17-5-3-2-4-13(14)17/h2-8,10,16,20H,9,19H2,1H3. The lowest BCUT2D eigenvalue weighted by atomic mass is 10.1. The summed E-state index contributed by atoms with van der Waals surface area (Å²) in [6.45, 7) is 2.53. The maximum atomic E-state index is 6.19. The largest absolute Gasteiger partial charge is 0.377 e. The Labute approximate surface area is 133 Å². The summed E-state index contributed by atoms with van der Waals surface area (Å²) in [5, 5.41) is 7.71. The SMILES string of the molecule is Cc1ccc(NC(CN)c2csc3ccccc23)cc1Cl. The Morgan fingerprint density at radius 1 is 1.24 bits per heavy atom. The minimum atomic E-state index is 0.0833. The van der Waals surface area contributed by atoms with E-state index in [4.69, 9.17) is 17.3 Å². The summed E-state index contributed by atoms with van der Waals surface area (Å²) >= 11 is 7.94. The molecule has 0 saturated heterocycles. The number of nitrogens with two attached hydrogens (primary N) is 1. The maximum absolute atomic E-state index is 6.19. The van der Waals surface area contributed by atoms with Gasteiger partial charge in [0.1, 0.15) is 0 Å². The number of hydrogen-bond donors (Lipinski definition) is 2. The fourth-order valence-electron chi connectivity index (χ4n) is 2.42. The summed E-state index contributed by atoms with van der Waals surface area (Å²) in [6.07, 6.45) is 0. The summed E-state index contributed by atoms with van der Waals surface area (Å²) in [5.74, 6) is 0. The smallest absolute Gasteiger partial charge is 0.0650 e. The first-order valence-electron chi connectivity index (χ1n) is 6.88. The zero-order valence-electron chi connectivity index (χ0n) is 11.8. The number of benzene rings is 2. The maximum Gasteiger partial charge on any atom is 0.0650 e. The van der Waals surface area contributed by atoms with Crippen molar-refractivity contribution in [1.82, 2.24) is 0 Å². The molecule has 2 aromatic carbocycles. The highest BCUT2D eigenvalue weighted by atomic mass is 35.5. The molecule has 0 saturated carbocycles. The zero-order chi connectivity index (χ0) is 14.8. The predicted octanol–water partition coefficient (Wildman–Crippen LogP) is 4.98. The third kappa shape index (κ3) is 2.91. The van der Waals surface area contributed by atoms with Gasteiger partial charge in [0.15, 0.2) is 0 Å². The van der Waals surface area contributed by atoms with E-state index in [0.29, 0.717) is 6.54 Å². The predicted molar refractivity (Wildman–Crippen MR) is 93.4 cm³/mol. The summed E-state index contributed by atoms with van der Waals surface area (Å²) in [6, 6.07) is 14.5. The van der Waals surface area contributed by atoms with Gasteiger partial charge in [0.25, 0.3) is 0 Å². The molecule has 0 amide bonds. The van der Waals surface area contributed by atoms with Crippen molar-refractivity contribution in [2.24, 2.45) is 5.73 Å². The molecular weight excluding hydrogens is 300 g/mol. The van der Waals surface area contributed by atoms with Crippen LogP contribution in [0.1, 0.15) is 17.2 Å². The van der Waals surface area contributed by atoms with Crippen LogP contribution in [0.3, 0.4) is 0 Å². The fourth-order valence-corrected chi connectivity index (χ4v) is 3.61. The van der Waals surface area contributed by atoms with Crippen molar-refractivity contribution in [2.75, 3.05) is 11.9 Å². The number of anilines is 1. The van der Waals surface area contributed by atoms with Gasteiger partial charge in [0, 0.05) is 22.0 Å². The van der Waals surface area contributed by atoms with Crippen LogP contribution >= 0.6 is 22.9 Å². The van der Waals surface area contributed by atoms with Crippen LogP contribution in [0, 0.1) is 6.92 Å². The van der Waals surface area contributed by atoms with Crippen LogP contribution in [0.15, 0.2) is 47.8 Å². The van der Waals surface area contributed by atoms with E-state index in [1.165, 1.54) is 15.6 Å². The molecule has 1 aromatic heterocycles. The first-order chi connectivity index (χ1) is 10.2. The highest BCUT2D eigenvalue weighted by molar-refractivity contribution is 7.17. The molecule has 1 heterocycles. The van der Waals surface area contributed by atoms with Gasteiger partial charge in [-0.05, 0) is 47.0 Å². The Hall–Kier alpha value is -1.55. The van der Waals surface area contributed by atoms with Crippen molar-refractivity contribution < 1.29 is 0 Å². The van der Waals surface area contributed by atoms with Gasteiger partial charge in [-0.25, -0.2) is 0 Å². The van der Waals surface area contributed by atoms with Gasteiger partial charge in [-0.1, -0.05) is 35.9 Å². The molecule has 0 aliphatic heterocycles. The van der Waals surface area contributed by atoms with Gasteiger partial charge in [-0.3, -0.25) is 0 Å². The number of nitrogens with one attached hydrogen (secondary N) is 1. The van der Waals surface area contributed by atoms with E-state index in [9.17, 15) is 0 Å². The normalized spacial score (nSPS) is 12.5. The molecule has 2 nitrogen and oxygen atoms in total. The van der Waals surface area contributed by atoms with E-state index >= 15 is 0 Å². The molecule has 0 bridgehead atoms. The average molecular weight is 317 g/mol. The third-order valence-electron chi connectivity index (χ3n) is 3.63. The molecule has 0 aliphatic carbocycles. The lowest BCUT2D eigenvalue weighted by Gasteiger charge is -2.18. The Kier molecular flexibility index (Phi) is 4.15. The number of aryl methyl sites for hydroxylation is 1. The number of hydrogen-bond acceptors (Lipinski definition) is 3. The van der Waals surface area contributed by atoms with Crippen LogP contribution in [0.2, 0.25) is 5.02 Å². The molecule has 1 unspecified atom stereocenters. The van der Waals surface area contributed by atoms with E-state index in [1.807, 2.05) is 25.1 Å². The van der Waals surface area contributed by atoms with Gasteiger partial charge < -0.3 is 11.1 Å².